The number of thiophene rings is 1. The lowest BCUT2D eigenvalue weighted by molar-refractivity contribution is 0.392. The minimum atomic E-state index is -3.52. The molecule has 21 heavy (non-hydrogen) atoms. The lowest BCUT2D eigenvalue weighted by Crippen LogP contribution is -2.22. The average Bonchev–Trinajstić information content (AvgIpc) is 2.93. The van der Waals surface area contributed by atoms with Crippen LogP contribution in [0.15, 0.2) is 14.8 Å². The summed E-state index contributed by atoms with van der Waals surface area (Å²) in [5, 5.41) is 6.85. The number of aryl methyl sites for hydroxylation is 3. The van der Waals surface area contributed by atoms with Gasteiger partial charge in [0.1, 0.15) is 9.97 Å². The Labute approximate surface area is 128 Å². The maximum absolute atomic E-state index is 12.3. The Morgan fingerprint density at radius 3 is 2.57 bits per heavy atom. The van der Waals surface area contributed by atoms with Crippen LogP contribution >= 0.6 is 11.3 Å². The monoisotopic (exact) mass is 329 g/mol. The largest absolute Gasteiger partial charge is 0.361 e. The Balaban J connectivity index is 2.17. The molecule has 116 valence electrons. The van der Waals surface area contributed by atoms with Gasteiger partial charge in [0.25, 0.3) is 0 Å². The van der Waals surface area contributed by atoms with Crippen LogP contribution in [0.1, 0.15) is 27.5 Å². The summed E-state index contributed by atoms with van der Waals surface area (Å²) in [7, 11) is -1.68. The first kappa shape index (κ1) is 16.2. The second-order valence-electron chi connectivity index (χ2n) is 4.83. The van der Waals surface area contributed by atoms with Gasteiger partial charge in [0.15, 0.2) is 0 Å². The second kappa shape index (κ2) is 6.27. The van der Waals surface area contributed by atoms with Crippen molar-refractivity contribution >= 4 is 21.4 Å². The fourth-order valence-electron chi connectivity index (χ4n) is 1.95. The molecule has 0 aliphatic heterocycles. The maximum atomic E-state index is 12.3. The molecule has 2 aromatic rings. The Morgan fingerprint density at radius 2 is 2.00 bits per heavy atom. The summed E-state index contributed by atoms with van der Waals surface area (Å²) in [5.74, 6) is 0.633. The third-order valence-corrected chi connectivity index (χ3v) is 6.33. The van der Waals surface area contributed by atoms with Crippen LogP contribution in [0.25, 0.3) is 0 Å². The topological polar surface area (TPSA) is 84.2 Å². The van der Waals surface area contributed by atoms with E-state index in [4.69, 9.17) is 4.52 Å². The van der Waals surface area contributed by atoms with Crippen LogP contribution in [0.4, 0.5) is 0 Å². The predicted molar refractivity (Wildman–Crippen MR) is 81.8 cm³/mol. The molecule has 2 aromatic heterocycles. The highest BCUT2D eigenvalue weighted by Gasteiger charge is 2.20. The first-order chi connectivity index (χ1) is 9.85. The van der Waals surface area contributed by atoms with Crippen molar-refractivity contribution in [2.24, 2.45) is 0 Å². The van der Waals surface area contributed by atoms with Crippen LogP contribution in [0, 0.1) is 20.8 Å². The van der Waals surface area contributed by atoms with E-state index in [9.17, 15) is 8.42 Å². The van der Waals surface area contributed by atoms with Crippen molar-refractivity contribution in [2.45, 2.75) is 38.1 Å². The molecular weight excluding hydrogens is 310 g/mol. The van der Waals surface area contributed by atoms with Crippen LogP contribution in [0.3, 0.4) is 0 Å². The molecule has 0 aliphatic carbocycles. The molecular formula is C13H19N3O3S2. The van der Waals surface area contributed by atoms with Gasteiger partial charge in [-0.2, -0.15) is 0 Å². The molecule has 8 heteroatoms. The van der Waals surface area contributed by atoms with Gasteiger partial charge in [-0.1, -0.05) is 5.16 Å². The third-order valence-electron chi connectivity index (χ3n) is 3.22. The number of sulfonamides is 1. The van der Waals surface area contributed by atoms with Crippen LogP contribution in [-0.2, 0) is 23.1 Å². The minimum absolute atomic E-state index is 0.182. The van der Waals surface area contributed by atoms with E-state index in [0.717, 1.165) is 16.0 Å². The molecule has 0 atom stereocenters. The van der Waals surface area contributed by atoms with E-state index in [0.29, 0.717) is 22.2 Å². The highest BCUT2D eigenvalue weighted by atomic mass is 32.2. The number of rotatable bonds is 6. The number of hydrogen-bond acceptors (Lipinski definition) is 6. The number of nitrogens with zero attached hydrogens (tertiary/aromatic N) is 1. The van der Waals surface area contributed by atoms with E-state index >= 15 is 0 Å². The molecule has 0 spiro atoms. The summed E-state index contributed by atoms with van der Waals surface area (Å²) in [6.07, 6.45) is 0. The Hall–Kier alpha value is -1.22. The van der Waals surface area contributed by atoms with Gasteiger partial charge in [-0.25, -0.2) is 13.1 Å². The normalized spacial score (nSPS) is 12.0. The van der Waals surface area contributed by atoms with Crippen LogP contribution in [0.5, 0.6) is 0 Å². The lowest BCUT2D eigenvalue weighted by Gasteiger charge is -2.04. The fourth-order valence-corrected chi connectivity index (χ4v) is 4.59. The molecule has 0 fully saturated rings. The standard InChI is InChI=1S/C13H19N3O3S2/c1-8-5-13(20-12(8)7-14-4)21(17,18)15-6-11-9(2)16-19-10(11)3/h5,14-15H,6-7H2,1-4H3. The van der Waals surface area contributed by atoms with Crippen molar-refractivity contribution in [1.29, 1.82) is 0 Å². The van der Waals surface area contributed by atoms with Gasteiger partial charge < -0.3 is 9.84 Å². The minimum Gasteiger partial charge on any atom is -0.361 e. The van der Waals surface area contributed by atoms with Crippen molar-refractivity contribution in [3.63, 3.8) is 0 Å². The van der Waals surface area contributed by atoms with Crippen LogP contribution in [-0.4, -0.2) is 20.6 Å². The van der Waals surface area contributed by atoms with Gasteiger partial charge in [0.2, 0.25) is 10.0 Å². The Bertz CT molecular complexity index is 712. The van der Waals surface area contributed by atoms with Crippen molar-refractivity contribution in [3.05, 3.63) is 33.5 Å². The Morgan fingerprint density at radius 1 is 1.29 bits per heavy atom. The summed E-state index contributed by atoms with van der Waals surface area (Å²) in [6.45, 7) is 6.32. The Kier molecular flexibility index (Phi) is 4.82. The van der Waals surface area contributed by atoms with Crippen LogP contribution in [0.2, 0.25) is 0 Å². The van der Waals surface area contributed by atoms with E-state index in [1.807, 2.05) is 14.0 Å². The quantitative estimate of drug-likeness (QED) is 0.845. The molecule has 0 saturated heterocycles. The summed E-state index contributed by atoms with van der Waals surface area (Å²) < 4.78 is 32.7. The van der Waals surface area contributed by atoms with E-state index in [-0.39, 0.29) is 6.54 Å². The molecule has 2 heterocycles. The van der Waals surface area contributed by atoms with Crippen LogP contribution < -0.4 is 10.0 Å². The zero-order valence-electron chi connectivity index (χ0n) is 12.5. The van der Waals surface area contributed by atoms with Gasteiger partial charge >= 0.3 is 0 Å². The number of nitrogens with one attached hydrogen (secondary N) is 2. The summed E-state index contributed by atoms with van der Waals surface area (Å²) in [4.78, 5) is 1.02. The van der Waals surface area contributed by atoms with Gasteiger partial charge in [-0.3, -0.25) is 0 Å². The zero-order chi connectivity index (χ0) is 15.6. The molecule has 0 saturated carbocycles. The zero-order valence-corrected chi connectivity index (χ0v) is 14.1. The van der Waals surface area contributed by atoms with Crippen molar-refractivity contribution in [3.8, 4) is 0 Å². The molecule has 0 bridgehead atoms. The fraction of sp³-hybridized carbons (Fsp3) is 0.462. The maximum Gasteiger partial charge on any atom is 0.250 e. The van der Waals surface area contributed by atoms with Gasteiger partial charge in [-0.05, 0) is 39.4 Å². The highest BCUT2D eigenvalue weighted by Crippen LogP contribution is 2.26. The van der Waals surface area contributed by atoms with Crippen molar-refractivity contribution < 1.29 is 12.9 Å². The first-order valence-corrected chi connectivity index (χ1v) is 8.80. The van der Waals surface area contributed by atoms with E-state index in [1.165, 1.54) is 11.3 Å². The molecule has 2 N–H and O–H groups in total. The van der Waals surface area contributed by atoms with Gasteiger partial charge in [0, 0.05) is 23.5 Å². The third kappa shape index (κ3) is 3.52. The molecule has 2 rings (SSSR count). The van der Waals surface area contributed by atoms with Gasteiger partial charge in [0.05, 0.1) is 5.69 Å². The molecule has 0 aromatic carbocycles. The highest BCUT2D eigenvalue weighted by molar-refractivity contribution is 7.91. The molecule has 0 radical (unpaired) electrons. The second-order valence-corrected chi connectivity index (χ2v) is 7.96. The summed E-state index contributed by atoms with van der Waals surface area (Å²) >= 11 is 1.28. The molecule has 0 unspecified atom stereocenters. The summed E-state index contributed by atoms with van der Waals surface area (Å²) in [6, 6.07) is 1.70. The summed E-state index contributed by atoms with van der Waals surface area (Å²) in [5.41, 5.74) is 2.46. The lowest BCUT2D eigenvalue weighted by atomic mass is 10.2. The number of hydrogen-bond donors (Lipinski definition) is 2. The molecule has 6 nitrogen and oxygen atoms in total. The van der Waals surface area contributed by atoms with E-state index < -0.39 is 10.0 Å². The molecule has 0 amide bonds. The van der Waals surface area contributed by atoms with Gasteiger partial charge in [-0.15, -0.1) is 11.3 Å². The van der Waals surface area contributed by atoms with E-state index in [2.05, 4.69) is 15.2 Å². The van der Waals surface area contributed by atoms with E-state index in [1.54, 1.807) is 19.9 Å². The number of aromatic nitrogens is 1. The van der Waals surface area contributed by atoms with Crippen molar-refractivity contribution in [1.82, 2.24) is 15.2 Å². The average molecular weight is 329 g/mol. The first-order valence-electron chi connectivity index (χ1n) is 6.50. The predicted octanol–water partition coefficient (Wildman–Crippen LogP) is 1.86. The smallest absolute Gasteiger partial charge is 0.250 e. The van der Waals surface area contributed by atoms with Crippen molar-refractivity contribution in [2.75, 3.05) is 7.05 Å². The SMILES string of the molecule is CNCc1sc(S(=O)(=O)NCc2c(C)noc2C)cc1C. The molecule has 0 aliphatic rings.